The fraction of sp³-hybridized carbons (Fsp3) is 0.500. The van der Waals surface area contributed by atoms with Crippen molar-refractivity contribution in [3.05, 3.63) is 34.9 Å². The standard InChI is InChI=1S/C20H20/c1-3-17-6-5-7-19(18(17)4-2)20-11-14-8-15(12-20)10-16(9-14)13-20/h1-2,5-7,14-16H,8-13H2. The van der Waals surface area contributed by atoms with Crippen molar-refractivity contribution in [2.24, 2.45) is 17.8 Å². The van der Waals surface area contributed by atoms with Gasteiger partial charge in [0.25, 0.3) is 0 Å². The molecule has 0 heterocycles. The van der Waals surface area contributed by atoms with Crippen LogP contribution < -0.4 is 0 Å². The van der Waals surface area contributed by atoms with Gasteiger partial charge >= 0.3 is 0 Å². The number of terminal acetylenes is 2. The van der Waals surface area contributed by atoms with E-state index in [-0.39, 0.29) is 0 Å². The molecule has 0 aromatic heterocycles. The van der Waals surface area contributed by atoms with Gasteiger partial charge < -0.3 is 0 Å². The van der Waals surface area contributed by atoms with E-state index in [1.54, 1.807) is 0 Å². The van der Waals surface area contributed by atoms with Gasteiger partial charge in [0.1, 0.15) is 0 Å². The Hall–Kier alpha value is -1.66. The molecule has 5 rings (SSSR count). The summed E-state index contributed by atoms with van der Waals surface area (Å²) < 4.78 is 0. The van der Waals surface area contributed by atoms with Gasteiger partial charge in [-0.15, -0.1) is 12.8 Å². The normalized spacial score (nSPS) is 37.4. The number of rotatable bonds is 1. The van der Waals surface area contributed by atoms with Gasteiger partial charge in [-0.1, -0.05) is 24.0 Å². The summed E-state index contributed by atoms with van der Waals surface area (Å²) in [7, 11) is 0. The van der Waals surface area contributed by atoms with Gasteiger partial charge in [0, 0.05) is 11.1 Å². The SMILES string of the molecule is C#Cc1cccc(C23CC4CC(CC(C4)C2)C3)c1C#C. The van der Waals surface area contributed by atoms with E-state index in [0.717, 1.165) is 28.9 Å². The highest BCUT2D eigenvalue weighted by atomic mass is 14.6. The summed E-state index contributed by atoms with van der Waals surface area (Å²) in [5.74, 6) is 8.47. The van der Waals surface area contributed by atoms with Gasteiger partial charge in [-0.05, 0) is 73.3 Å². The molecule has 4 aliphatic carbocycles. The molecule has 1 aromatic rings. The Morgan fingerprint density at radius 3 is 2.00 bits per heavy atom. The molecule has 20 heavy (non-hydrogen) atoms. The van der Waals surface area contributed by atoms with Gasteiger partial charge in [0.2, 0.25) is 0 Å². The smallest absolute Gasteiger partial charge is 0.0436 e. The lowest BCUT2D eigenvalue weighted by Crippen LogP contribution is -2.48. The van der Waals surface area contributed by atoms with Crippen LogP contribution in [0.3, 0.4) is 0 Å². The second-order valence-electron chi connectivity index (χ2n) is 7.21. The Kier molecular flexibility index (Phi) is 2.52. The quantitative estimate of drug-likeness (QED) is 0.666. The minimum atomic E-state index is 0.337. The van der Waals surface area contributed by atoms with Gasteiger partial charge in [0.15, 0.2) is 0 Å². The maximum Gasteiger partial charge on any atom is 0.0436 e. The van der Waals surface area contributed by atoms with Crippen LogP contribution in [0.2, 0.25) is 0 Å². The Morgan fingerprint density at radius 1 is 0.900 bits per heavy atom. The molecule has 100 valence electrons. The zero-order chi connectivity index (χ0) is 13.7. The monoisotopic (exact) mass is 260 g/mol. The number of hydrogen-bond acceptors (Lipinski definition) is 0. The van der Waals surface area contributed by atoms with E-state index in [2.05, 4.69) is 24.0 Å². The van der Waals surface area contributed by atoms with Crippen LogP contribution in [0.5, 0.6) is 0 Å². The van der Waals surface area contributed by atoms with E-state index in [1.807, 2.05) is 6.07 Å². The van der Waals surface area contributed by atoms with Crippen molar-refractivity contribution in [3.8, 4) is 24.7 Å². The number of benzene rings is 1. The predicted octanol–water partition coefficient (Wildman–Crippen LogP) is 4.12. The molecule has 0 unspecified atom stereocenters. The topological polar surface area (TPSA) is 0 Å². The average molecular weight is 260 g/mol. The van der Waals surface area contributed by atoms with Crippen molar-refractivity contribution in [3.63, 3.8) is 0 Å². The highest BCUT2D eigenvalue weighted by Gasteiger charge is 2.52. The van der Waals surface area contributed by atoms with E-state index in [0.29, 0.717) is 5.41 Å². The van der Waals surface area contributed by atoms with Crippen molar-refractivity contribution >= 4 is 0 Å². The third-order valence-electron chi connectivity index (χ3n) is 5.97. The third-order valence-corrected chi connectivity index (χ3v) is 5.97. The predicted molar refractivity (Wildman–Crippen MR) is 82.2 cm³/mol. The van der Waals surface area contributed by atoms with E-state index >= 15 is 0 Å². The van der Waals surface area contributed by atoms with Crippen molar-refractivity contribution in [1.29, 1.82) is 0 Å². The van der Waals surface area contributed by atoms with Crippen molar-refractivity contribution < 1.29 is 0 Å². The molecule has 0 aliphatic heterocycles. The highest BCUT2D eigenvalue weighted by Crippen LogP contribution is 2.61. The first-order valence-corrected chi connectivity index (χ1v) is 7.81. The van der Waals surface area contributed by atoms with Crippen LogP contribution >= 0.6 is 0 Å². The lowest BCUT2D eigenvalue weighted by atomic mass is 9.47. The van der Waals surface area contributed by atoms with Crippen LogP contribution in [-0.4, -0.2) is 0 Å². The second kappa shape index (κ2) is 4.17. The fourth-order valence-corrected chi connectivity index (χ4v) is 5.71. The summed E-state index contributed by atoms with van der Waals surface area (Å²) in [5, 5.41) is 0. The zero-order valence-corrected chi connectivity index (χ0v) is 11.9. The Morgan fingerprint density at radius 2 is 1.50 bits per heavy atom. The summed E-state index contributed by atoms with van der Waals surface area (Å²) in [4.78, 5) is 0. The lowest BCUT2D eigenvalue weighted by Gasteiger charge is -2.57. The zero-order valence-electron chi connectivity index (χ0n) is 11.9. The van der Waals surface area contributed by atoms with E-state index in [1.165, 1.54) is 44.1 Å². The van der Waals surface area contributed by atoms with E-state index in [9.17, 15) is 0 Å². The first-order valence-electron chi connectivity index (χ1n) is 7.81. The molecule has 4 aliphatic rings. The van der Waals surface area contributed by atoms with Crippen LogP contribution in [0.1, 0.15) is 55.2 Å². The molecule has 0 nitrogen and oxygen atoms in total. The molecular weight excluding hydrogens is 240 g/mol. The highest BCUT2D eigenvalue weighted by molar-refractivity contribution is 5.55. The molecule has 4 bridgehead atoms. The van der Waals surface area contributed by atoms with Gasteiger partial charge in [-0.2, -0.15) is 0 Å². The van der Waals surface area contributed by atoms with E-state index < -0.39 is 0 Å². The molecule has 4 saturated carbocycles. The maximum absolute atomic E-state index is 5.80. The summed E-state index contributed by atoms with van der Waals surface area (Å²) in [6, 6.07) is 6.34. The molecule has 0 spiro atoms. The molecule has 0 amide bonds. The Bertz CT molecular complexity index is 600. The first kappa shape index (κ1) is 12.1. The van der Waals surface area contributed by atoms with E-state index in [4.69, 9.17) is 12.8 Å². The molecule has 1 aromatic carbocycles. The Balaban J connectivity index is 1.86. The molecule has 4 fully saturated rings. The average Bonchev–Trinajstić information content (AvgIpc) is 2.44. The molecule has 0 heteroatoms. The van der Waals surface area contributed by atoms with Crippen molar-refractivity contribution in [1.82, 2.24) is 0 Å². The van der Waals surface area contributed by atoms with Crippen LogP contribution in [0.4, 0.5) is 0 Å². The summed E-state index contributed by atoms with van der Waals surface area (Å²) >= 11 is 0. The molecule has 0 radical (unpaired) electrons. The fourth-order valence-electron chi connectivity index (χ4n) is 5.71. The van der Waals surface area contributed by atoms with Gasteiger partial charge in [-0.25, -0.2) is 0 Å². The summed E-state index contributed by atoms with van der Waals surface area (Å²) in [5.41, 5.74) is 3.62. The summed E-state index contributed by atoms with van der Waals surface area (Å²) in [6.07, 6.45) is 19.8. The van der Waals surface area contributed by atoms with Crippen LogP contribution in [0, 0.1) is 42.4 Å². The Labute approximate surface area is 122 Å². The third kappa shape index (κ3) is 1.58. The maximum atomic E-state index is 5.80. The molecule has 0 atom stereocenters. The van der Waals surface area contributed by atoms with Crippen LogP contribution in [0.25, 0.3) is 0 Å². The van der Waals surface area contributed by atoms with Crippen molar-refractivity contribution in [2.45, 2.75) is 43.9 Å². The van der Waals surface area contributed by atoms with Crippen molar-refractivity contribution in [2.75, 3.05) is 0 Å². The number of hydrogen-bond donors (Lipinski definition) is 0. The molecular formula is C20H20. The molecule has 0 N–H and O–H groups in total. The lowest BCUT2D eigenvalue weighted by molar-refractivity contribution is -0.00530. The minimum Gasteiger partial charge on any atom is -0.115 e. The van der Waals surface area contributed by atoms with Crippen LogP contribution in [-0.2, 0) is 5.41 Å². The second-order valence-corrected chi connectivity index (χ2v) is 7.21. The summed E-state index contributed by atoms with van der Waals surface area (Å²) in [6.45, 7) is 0. The first-order chi connectivity index (χ1) is 9.74. The largest absolute Gasteiger partial charge is 0.115 e. The molecule has 0 saturated heterocycles. The minimum absolute atomic E-state index is 0.337. The van der Waals surface area contributed by atoms with Gasteiger partial charge in [0.05, 0.1) is 0 Å². The van der Waals surface area contributed by atoms with Gasteiger partial charge in [-0.3, -0.25) is 0 Å². The van der Waals surface area contributed by atoms with Crippen LogP contribution in [0.15, 0.2) is 18.2 Å².